The van der Waals surface area contributed by atoms with Crippen molar-refractivity contribution in [2.75, 3.05) is 31.5 Å². The van der Waals surface area contributed by atoms with E-state index in [1.165, 1.54) is 0 Å². The highest BCUT2D eigenvalue weighted by Crippen LogP contribution is 2.40. The van der Waals surface area contributed by atoms with E-state index in [4.69, 9.17) is 0 Å². The van der Waals surface area contributed by atoms with Gasteiger partial charge in [-0.25, -0.2) is 0 Å². The number of rotatable bonds is 3. The molecule has 0 radical (unpaired) electrons. The molecule has 0 aliphatic carbocycles. The third kappa shape index (κ3) is 2.45. The van der Waals surface area contributed by atoms with Crippen LogP contribution < -0.4 is 10.6 Å². The first-order valence-electron chi connectivity index (χ1n) is 7.38. The summed E-state index contributed by atoms with van der Waals surface area (Å²) in [5.74, 6) is 1.43. The van der Waals surface area contributed by atoms with E-state index in [-0.39, 0.29) is 11.4 Å². The second-order valence-electron chi connectivity index (χ2n) is 6.47. The number of carbonyl (C=O) groups excluding carboxylic acids is 1. The Hall–Kier alpha value is -1.39. The molecule has 0 saturated carbocycles. The molecule has 108 valence electrons. The first-order valence-corrected chi connectivity index (χ1v) is 7.38. The number of anilines is 1. The van der Waals surface area contributed by atoms with Crippen molar-refractivity contribution in [2.24, 2.45) is 11.8 Å². The van der Waals surface area contributed by atoms with E-state index >= 15 is 0 Å². The van der Waals surface area contributed by atoms with E-state index in [0.29, 0.717) is 18.4 Å². The van der Waals surface area contributed by atoms with Crippen LogP contribution in [-0.2, 0) is 4.79 Å². The summed E-state index contributed by atoms with van der Waals surface area (Å²) < 4.78 is 0. The Labute approximate surface area is 120 Å². The Morgan fingerprint density at radius 2 is 2.10 bits per heavy atom. The van der Waals surface area contributed by atoms with Gasteiger partial charge < -0.3 is 10.6 Å². The standard InChI is InChI=1S/C16H23N3O/c1-16(2)14-9-17-8-12(14)10-19(16)11-15(20)18-13-6-4-3-5-7-13/h3-7,12,14,17H,8-11H2,1-2H3,(H,18,20). The van der Waals surface area contributed by atoms with Crippen LogP contribution in [0.5, 0.6) is 0 Å². The third-order valence-electron chi connectivity index (χ3n) is 4.91. The number of para-hydroxylation sites is 1. The van der Waals surface area contributed by atoms with Crippen molar-refractivity contribution in [1.29, 1.82) is 0 Å². The van der Waals surface area contributed by atoms with Crippen LogP contribution in [0.2, 0.25) is 0 Å². The fourth-order valence-electron chi connectivity index (χ4n) is 3.67. The molecule has 2 fully saturated rings. The lowest BCUT2D eigenvalue weighted by molar-refractivity contribution is -0.118. The molecule has 2 saturated heterocycles. The number of hydrogen-bond acceptors (Lipinski definition) is 3. The Balaban J connectivity index is 1.62. The molecule has 1 aromatic carbocycles. The fourth-order valence-corrected chi connectivity index (χ4v) is 3.67. The number of benzene rings is 1. The van der Waals surface area contributed by atoms with E-state index in [1.54, 1.807) is 0 Å². The molecule has 20 heavy (non-hydrogen) atoms. The second-order valence-corrected chi connectivity index (χ2v) is 6.47. The molecule has 4 nitrogen and oxygen atoms in total. The number of fused-ring (bicyclic) bond motifs is 1. The number of nitrogens with one attached hydrogen (secondary N) is 2. The van der Waals surface area contributed by atoms with Crippen molar-refractivity contribution in [2.45, 2.75) is 19.4 Å². The van der Waals surface area contributed by atoms with Crippen molar-refractivity contribution >= 4 is 11.6 Å². The summed E-state index contributed by atoms with van der Waals surface area (Å²) in [6.45, 7) is 8.20. The van der Waals surface area contributed by atoms with E-state index < -0.39 is 0 Å². The molecule has 0 bridgehead atoms. The zero-order chi connectivity index (χ0) is 14.2. The highest BCUT2D eigenvalue weighted by Gasteiger charge is 2.49. The maximum Gasteiger partial charge on any atom is 0.238 e. The SMILES string of the molecule is CC1(C)C2CNCC2CN1CC(=O)Nc1ccccc1. The minimum absolute atomic E-state index is 0.0807. The van der Waals surface area contributed by atoms with Gasteiger partial charge in [0.05, 0.1) is 6.54 Å². The summed E-state index contributed by atoms with van der Waals surface area (Å²) in [6, 6.07) is 9.67. The maximum absolute atomic E-state index is 12.2. The topological polar surface area (TPSA) is 44.4 Å². The van der Waals surface area contributed by atoms with Crippen molar-refractivity contribution in [1.82, 2.24) is 10.2 Å². The van der Waals surface area contributed by atoms with Gasteiger partial charge in [-0.15, -0.1) is 0 Å². The van der Waals surface area contributed by atoms with Crippen LogP contribution in [0.25, 0.3) is 0 Å². The molecule has 0 aromatic heterocycles. The van der Waals surface area contributed by atoms with Gasteiger partial charge in [0, 0.05) is 24.3 Å². The van der Waals surface area contributed by atoms with E-state index in [0.717, 1.165) is 25.3 Å². The molecule has 1 aromatic rings. The summed E-state index contributed by atoms with van der Waals surface area (Å²) >= 11 is 0. The van der Waals surface area contributed by atoms with Crippen LogP contribution in [0.15, 0.2) is 30.3 Å². The molecule has 2 aliphatic rings. The minimum Gasteiger partial charge on any atom is -0.325 e. The molecule has 2 aliphatic heterocycles. The summed E-state index contributed by atoms with van der Waals surface area (Å²) in [5.41, 5.74) is 0.971. The molecule has 2 N–H and O–H groups in total. The van der Waals surface area contributed by atoms with Gasteiger partial charge in [-0.1, -0.05) is 18.2 Å². The normalized spacial score (nSPS) is 28.3. The number of carbonyl (C=O) groups is 1. The van der Waals surface area contributed by atoms with E-state index in [1.807, 2.05) is 30.3 Å². The van der Waals surface area contributed by atoms with Crippen molar-refractivity contribution in [3.63, 3.8) is 0 Å². The molecular weight excluding hydrogens is 250 g/mol. The van der Waals surface area contributed by atoms with Crippen molar-refractivity contribution in [3.8, 4) is 0 Å². The summed E-state index contributed by atoms with van der Waals surface area (Å²) in [7, 11) is 0. The number of likely N-dealkylation sites (tertiary alicyclic amines) is 1. The van der Waals surface area contributed by atoms with Gasteiger partial charge in [0.1, 0.15) is 0 Å². The van der Waals surface area contributed by atoms with Crippen LogP contribution in [0, 0.1) is 11.8 Å². The van der Waals surface area contributed by atoms with Gasteiger partial charge in [-0.3, -0.25) is 9.69 Å². The zero-order valence-corrected chi connectivity index (χ0v) is 12.2. The van der Waals surface area contributed by atoms with Gasteiger partial charge in [0.25, 0.3) is 0 Å². The lowest BCUT2D eigenvalue weighted by Gasteiger charge is -2.35. The molecule has 3 rings (SSSR count). The largest absolute Gasteiger partial charge is 0.325 e. The van der Waals surface area contributed by atoms with Crippen molar-refractivity contribution in [3.05, 3.63) is 30.3 Å². The quantitative estimate of drug-likeness (QED) is 0.878. The summed E-state index contributed by atoms with van der Waals surface area (Å²) in [4.78, 5) is 14.5. The lowest BCUT2D eigenvalue weighted by atomic mass is 9.85. The molecule has 2 unspecified atom stereocenters. The average molecular weight is 273 g/mol. The minimum atomic E-state index is 0.0807. The molecular formula is C16H23N3O. The van der Waals surface area contributed by atoms with Gasteiger partial charge in [-0.2, -0.15) is 0 Å². The molecule has 1 amide bonds. The number of amides is 1. The Morgan fingerprint density at radius 1 is 1.35 bits per heavy atom. The average Bonchev–Trinajstić information content (AvgIpc) is 2.95. The third-order valence-corrected chi connectivity index (χ3v) is 4.91. The zero-order valence-electron chi connectivity index (χ0n) is 12.2. The molecule has 2 atom stereocenters. The molecule has 2 heterocycles. The van der Waals surface area contributed by atoms with Crippen LogP contribution >= 0.6 is 0 Å². The highest BCUT2D eigenvalue weighted by atomic mass is 16.2. The van der Waals surface area contributed by atoms with Gasteiger partial charge in [-0.05, 0) is 44.4 Å². The van der Waals surface area contributed by atoms with E-state index in [2.05, 4.69) is 29.4 Å². The van der Waals surface area contributed by atoms with E-state index in [9.17, 15) is 4.79 Å². The maximum atomic E-state index is 12.2. The Kier molecular flexibility index (Phi) is 3.52. The second kappa shape index (κ2) is 5.19. The van der Waals surface area contributed by atoms with Crippen LogP contribution in [0.3, 0.4) is 0 Å². The number of nitrogens with zero attached hydrogens (tertiary/aromatic N) is 1. The molecule has 0 spiro atoms. The predicted molar refractivity (Wildman–Crippen MR) is 80.6 cm³/mol. The summed E-state index contributed by atoms with van der Waals surface area (Å²) in [6.07, 6.45) is 0. The smallest absolute Gasteiger partial charge is 0.238 e. The monoisotopic (exact) mass is 273 g/mol. The Bertz CT molecular complexity index is 486. The van der Waals surface area contributed by atoms with Gasteiger partial charge >= 0.3 is 0 Å². The summed E-state index contributed by atoms with van der Waals surface area (Å²) in [5, 5.41) is 6.44. The van der Waals surface area contributed by atoms with Crippen LogP contribution in [0.4, 0.5) is 5.69 Å². The van der Waals surface area contributed by atoms with Crippen LogP contribution in [0.1, 0.15) is 13.8 Å². The molecule has 4 heteroatoms. The van der Waals surface area contributed by atoms with Crippen molar-refractivity contribution < 1.29 is 4.79 Å². The fraction of sp³-hybridized carbons (Fsp3) is 0.562. The highest BCUT2D eigenvalue weighted by molar-refractivity contribution is 5.92. The lowest BCUT2D eigenvalue weighted by Crippen LogP contribution is -2.47. The number of hydrogen-bond donors (Lipinski definition) is 2. The van der Waals surface area contributed by atoms with Gasteiger partial charge in [0.2, 0.25) is 5.91 Å². The van der Waals surface area contributed by atoms with Crippen LogP contribution in [-0.4, -0.2) is 42.5 Å². The first kappa shape index (κ1) is 13.6. The first-order chi connectivity index (χ1) is 9.57. The Morgan fingerprint density at radius 3 is 2.80 bits per heavy atom. The van der Waals surface area contributed by atoms with Gasteiger partial charge in [0.15, 0.2) is 0 Å². The predicted octanol–water partition coefficient (Wildman–Crippen LogP) is 1.55.